The Labute approximate surface area is 94.4 Å². The molecular formula is C13H26N2. The molecule has 1 heterocycles. The summed E-state index contributed by atoms with van der Waals surface area (Å²) < 4.78 is 0. The summed E-state index contributed by atoms with van der Waals surface area (Å²) in [5.74, 6) is 2.79. The zero-order valence-electron chi connectivity index (χ0n) is 10.5. The van der Waals surface area contributed by atoms with Crippen LogP contribution >= 0.6 is 0 Å². The minimum Gasteiger partial charge on any atom is -0.315 e. The van der Waals surface area contributed by atoms with E-state index < -0.39 is 0 Å². The van der Waals surface area contributed by atoms with E-state index in [1.807, 2.05) is 0 Å². The van der Waals surface area contributed by atoms with Gasteiger partial charge in [-0.1, -0.05) is 13.8 Å². The first kappa shape index (κ1) is 11.4. The summed E-state index contributed by atoms with van der Waals surface area (Å²) in [4.78, 5) is 2.67. The quantitative estimate of drug-likeness (QED) is 0.763. The summed E-state index contributed by atoms with van der Waals surface area (Å²) in [6.45, 7) is 8.71. The molecule has 0 radical (unpaired) electrons. The lowest BCUT2D eigenvalue weighted by molar-refractivity contribution is 0.124. The molecule has 2 heteroatoms. The summed E-state index contributed by atoms with van der Waals surface area (Å²) in [5.41, 5.74) is 0. The Morgan fingerprint density at radius 3 is 2.47 bits per heavy atom. The molecule has 1 saturated heterocycles. The maximum absolute atomic E-state index is 3.50. The smallest absolute Gasteiger partial charge is 0.0220 e. The predicted molar refractivity (Wildman–Crippen MR) is 65.0 cm³/mol. The van der Waals surface area contributed by atoms with E-state index >= 15 is 0 Å². The second-order valence-electron chi connectivity index (χ2n) is 5.74. The van der Waals surface area contributed by atoms with E-state index in [9.17, 15) is 0 Å². The van der Waals surface area contributed by atoms with Crippen LogP contribution in [0.5, 0.6) is 0 Å². The van der Waals surface area contributed by atoms with Crippen molar-refractivity contribution in [2.24, 2.45) is 17.8 Å². The van der Waals surface area contributed by atoms with E-state index in [0.717, 1.165) is 23.8 Å². The lowest BCUT2D eigenvalue weighted by Crippen LogP contribution is -2.46. The molecule has 3 atom stereocenters. The maximum atomic E-state index is 3.50. The Morgan fingerprint density at radius 2 is 1.93 bits per heavy atom. The van der Waals surface area contributed by atoms with Gasteiger partial charge in [-0.3, -0.25) is 0 Å². The molecule has 1 aliphatic heterocycles. The Balaban J connectivity index is 1.78. The Bertz CT molecular complexity index is 201. The fourth-order valence-electron chi connectivity index (χ4n) is 2.77. The van der Waals surface area contributed by atoms with Gasteiger partial charge in [0.15, 0.2) is 0 Å². The van der Waals surface area contributed by atoms with Crippen LogP contribution in [0, 0.1) is 17.8 Å². The third-order valence-corrected chi connectivity index (χ3v) is 4.43. The summed E-state index contributed by atoms with van der Waals surface area (Å²) in [7, 11) is 2.12. The standard InChI is InChI=1S/C13H26N2/c1-10-6-7-15(8-11(10)2)9-13(14-3)12-4-5-12/h10-14H,4-9H2,1-3H3. The minimum absolute atomic E-state index is 0.755. The Morgan fingerprint density at radius 1 is 1.20 bits per heavy atom. The highest BCUT2D eigenvalue weighted by atomic mass is 15.2. The van der Waals surface area contributed by atoms with Gasteiger partial charge in [0.1, 0.15) is 0 Å². The van der Waals surface area contributed by atoms with Crippen LogP contribution < -0.4 is 5.32 Å². The SMILES string of the molecule is CNC(CN1CCC(C)C(C)C1)C1CC1. The van der Waals surface area contributed by atoms with Crippen molar-refractivity contribution < 1.29 is 0 Å². The van der Waals surface area contributed by atoms with Crippen molar-refractivity contribution >= 4 is 0 Å². The van der Waals surface area contributed by atoms with E-state index in [4.69, 9.17) is 0 Å². The molecule has 2 fully saturated rings. The number of likely N-dealkylation sites (N-methyl/N-ethyl adjacent to an activating group) is 1. The van der Waals surface area contributed by atoms with Gasteiger partial charge in [0.2, 0.25) is 0 Å². The third-order valence-electron chi connectivity index (χ3n) is 4.43. The van der Waals surface area contributed by atoms with Gasteiger partial charge in [0.05, 0.1) is 0 Å². The van der Waals surface area contributed by atoms with Crippen LogP contribution in [-0.2, 0) is 0 Å². The lowest BCUT2D eigenvalue weighted by atomic mass is 9.88. The number of likely N-dealkylation sites (tertiary alicyclic amines) is 1. The molecule has 0 spiro atoms. The van der Waals surface area contributed by atoms with Crippen LogP contribution in [0.15, 0.2) is 0 Å². The number of piperidine rings is 1. The van der Waals surface area contributed by atoms with Gasteiger partial charge in [0.25, 0.3) is 0 Å². The number of hydrogen-bond acceptors (Lipinski definition) is 2. The van der Waals surface area contributed by atoms with Crippen LogP contribution in [0.4, 0.5) is 0 Å². The minimum atomic E-state index is 0.755. The van der Waals surface area contributed by atoms with E-state index in [0.29, 0.717) is 0 Å². The molecule has 0 bridgehead atoms. The number of nitrogens with zero attached hydrogens (tertiary/aromatic N) is 1. The van der Waals surface area contributed by atoms with Gasteiger partial charge in [-0.2, -0.15) is 0 Å². The normalized spacial score (nSPS) is 35.4. The summed E-state index contributed by atoms with van der Waals surface area (Å²) in [6, 6.07) is 0.755. The number of rotatable bonds is 4. The van der Waals surface area contributed by atoms with Gasteiger partial charge in [-0.15, -0.1) is 0 Å². The fourth-order valence-corrected chi connectivity index (χ4v) is 2.77. The van der Waals surface area contributed by atoms with Crippen molar-refractivity contribution in [2.75, 3.05) is 26.7 Å². The molecule has 0 aromatic heterocycles. The van der Waals surface area contributed by atoms with Crippen molar-refractivity contribution in [1.29, 1.82) is 0 Å². The largest absolute Gasteiger partial charge is 0.315 e. The molecule has 1 N–H and O–H groups in total. The van der Waals surface area contributed by atoms with Gasteiger partial charge in [-0.05, 0) is 50.6 Å². The molecule has 0 aromatic rings. The van der Waals surface area contributed by atoms with Crippen LogP contribution in [0.1, 0.15) is 33.1 Å². The number of hydrogen-bond donors (Lipinski definition) is 1. The maximum Gasteiger partial charge on any atom is 0.0220 e. The second-order valence-corrected chi connectivity index (χ2v) is 5.74. The molecule has 2 rings (SSSR count). The average molecular weight is 210 g/mol. The van der Waals surface area contributed by atoms with E-state index in [1.54, 1.807) is 0 Å². The first-order chi connectivity index (χ1) is 7.20. The third kappa shape index (κ3) is 2.94. The predicted octanol–water partition coefficient (Wildman–Crippen LogP) is 1.96. The zero-order chi connectivity index (χ0) is 10.8. The molecule has 1 saturated carbocycles. The monoisotopic (exact) mass is 210 g/mol. The van der Waals surface area contributed by atoms with Crippen molar-refractivity contribution in [3.05, 3.63) is 0 Å². The summed E-state index contributed by atoms with van der Waals surface area (Å²) >= 11 is 0. The van der Waals surface area contributed by atoms with Crippen LogP contribution in [0.25, 0.3) is 0 Å². The molecule has 1 aliphatic carbocycles. The van der Waals surface area contributed by atoms with Gasteiger partial charge in [0, 0.05) is 19.1 Å². The van der Waals surface area contributed by atoms with Crippen LogP contribution in [0.2, 0.25) is 0 Å². The molecule has 0 amide bonds. The second kappa shape index (κ2) is 4.84. The Hall–Kier alpha value is -0.0800. The Kier molecular flexibility index (Phi) is 3.68. The van der Waals surface area contributed by atoms with Crippen molar-refractivity contribution in [3.8, 4) is 0 Å². The van der Waals surface area contributed by atoms with E-state index in [1.165, 1.54) is 38.9 Å². The molecule has 2 aliphatic rings. The highest BCUT2D eigenvalue weighted by Crippen LogP contribution is 2.33. The lowest BCUT2D eigenvalue weighted by Gasteiger charge is -2.37. The first-order valence-electron chi connectivity index (χ1n) is 6.60. The van der Waals surface area contributed by atoms with Crippen molar-refractivity contribution in [2.45, 2.75) is 39.2 Å². The number of nitrogens with one attached hydrogen (secondary N) is 1. The molecule has 88 valence electrons. The molecule has 3 unspecified atom stereocenters. The van der Waals surface area contributed by atoms with E-state index in [2.05, 4.69) is 31.1 Å². The molecule has 0 aromatic carbocycles. The summed E-state index contributed by atoms with van der Waals surface area (Å²) in [6.07, 6.45) is 4.29. The van der Waals surface area contributed by atoms with Crippen molar-refractivity contribution in [3.63, 3.8) is 0 Å². The highest BCUT2D eigenvalue weighted by molar-refractivity contribution is 4.89. The molecule has 2 nitrogen and oxygen atoms in total. The van der Waals surface area contributed by atoms with Crippen LogP contribution in [-0.4, -0.2) is 37.6 Å². The van der Waals surface area contributed by atoms with Crippen molar-refractivity contribution in [1.82, 2.24) is 10.2 Å². The van der Waals surface area contributed by atoms with Gasteiger partial charge >= 0.3 is 0 Å². The first-order valence-corrected chi connectivity index (χ1v) is 6.60. The van der Waals surface area contributed by atoms with Gasteiger partial charge < -0.3 is 10.2 Å². The fraction of sp³-hybridized carbons (Fsp3) is 1.00. The van der Waals surface area contributed by atoms with E-state index in [-0.39, 0.29) is 0 Å². The van der Waals surface area contributed by atoms with Gasteiger partial charge in [-0.25, -0.2) is 0 Å². The molecular weight excluding hydrogens is 184 g/mol. The average Bonchev–Trinajstić information content (AvgIpc) is 3.03. The summed E-state index contributed by atoms with van der Waals surface area (Å²) in [5, 5.41) is 3.50. The molecule has 15 heavy (non-hydrogen) atoms. The highest BCUT2D eigenvalue weighted by Gasteiger charge is 2.32. The topological polar surface area (TPSA) is 15.3 Å². The zero-order valence-corrected chi connectivity index (χ0v) is 10.5. The van der Waals surface area contributed by atoms with Crippen LogP contribution in [0.3, 0.4) is 0 Å².